The Balaban J connectivity index is 2.03. The zero-order valence-corrected chi connectivity index (χ0v) is 12.1. The lowest BCUT2D eigenvalue weighted by Gasteiger charge is -2.13. The number of nitro groups is 1. The predicted molar refractivity (Wildman–Crippen MR) is 77.9 cm³/mol. The SMILES string of the molecule is CC(C)NCc1cc([N+](=O)[O-])ccc1OCCC1CC1. The molecule has 5 nitrogen and oxygen atoms in total. The standard InChI is InChI=1S/C15H22N2O3/c1-11(2)16-10-13-9-14(17(18)19)5-6-15(13)20-8-7-12-3-4-12/h5-6,9,11-12,16H,3-4,7-8,10H2,1-2H3. The molecule has 1 aliphatic rings. The van der Waals surface area contributed by atoms with Crippen molar-refractivity contribution < 1.29 is 9.66 Å². The number of hydrogen-bond donors (Lipinski definition) is 1. The zero-order chi connectivity index (χ0) is 14.5. The molecular weight excluding hydrogens is 256 g/mol. The Hall–Kier alpha value is -1.62. The average Bonchev–Trinajstić information content (AvgIpc) is 3.21. The molecule has 0 unspecified atom stereocenters. The molecule has 1 aromatic carbocycles. The summed E-state index contributed by atoms with van der Waals surface area (Å²) < 4.78 is 5.79. The number of rotatable bonds is 8. The van der Waals surface area contributed by atoms with Crippen LogP contribution in [0.25, 0.3) is 0 Å². The molecule has 110 valence electrons. The average molecular weight is 278 g/mol. The first-order valence-corrected chi connectivity index (χ1v) is 7.19. The van der Waals surface area contributed by atoms with Gasteiger partial charge in [0.25, 0.3) is 5.69 Å². The lowest BCUT2D eigenvalue weighted by molar-refractivity contribution is -0.384. The second kappa shape index (κ2) is 6.70. The van der Waals surface area contributed by atoms with Gasteiger partial charge in [-0.2, -0.15) is 0 Å². The van der Waals surface area contributed by atoms with Crippen molar-refractivity contribution in [3.63, 3.8) is 0 Å². The third-order valence-corrected chi connectivity index (χ3v) is 3.44. The van der Waals surface area contributed by atoms with Crippen molar-refractivity contribution in [3.8, 4) is 5.75 Å². The van der Waals surface area contributed by atoms with E-state index in [2.05, 4.69) is 5.32 Å². The van der Waals surface area contributed by atoms with Crippen LogP contribution in [0.4, 0.5) is 5.69 Å². The van der Waals surface area contributed by atoms with Gasteiger partial charge in [-0.1, -0.05) is 26.7 Å². The van der Waals surface area contributed by atoms with Crippen molar-refractivity contribution in [1.82, 2.24) is 5.32 Å². The van der Waals surface area contributed by atoms with Crippen molar-refractivity contribution >= 4 is 5.69 Å². The molecule has 0 amide bonds. The fourth-order valence-corrected chi connectivity index (χ4v) is 2.01. The Labute approximate surface area is 119 Å². The van der Waals surface area contributed by atoms with Crippen LogP contribution in [0.3, 0.4) is 0 Å². The summed E-state index contributed by atoms with van der Waals surface area (Å²) >= 11 is 0. The summed E-state index contributed by atoms with van der Waals surface area (Å²) in [6.07, 6.45) is 3.70. The second-order valence-corrected chi connectivity index (χ2v) is 5.67. The Bertz CT molecular complexity index is 470. The summed E-state index contributed by atoms with van der Waals surface area (Å²) in [5, 5.41) is 14.1. The fourth-order valence-electron chi connectivity index (χ4n) is 2.01. The molecular formula is C15H22N2O3. The third-order valence-electron chi connectivity index (χ3n) is 3.44. The maximum atomic E-state index is 10.9. The number of nitrogens with one attached hydrogen (secondary N) is 1. The van der Waals surface area contributed by atoms with Crippen molar-refractivity contribution in [2.45, 2.75) is 45.7 Å². The van der Waals surface area contributed by atoms with Gasteiger partial charge in [-0.05, 0) is 18.4 Å². The number of benzene rings is 1. The molecule has 1 N–H and O–H groups in total. The molecule has 20 heavy (non-hydrogen) atoms. The lowest BCUT2D eigenvalue weighted by atomic mass is 10.1. The number of non-ortho nitro benzene ring substituents is 1. The topological polar surface area (TPSA) is 64.4 Å². The van der Waals surface area contributed by atoms with Crippen LogP contribution < -0.4 is 10.1 Å². The summed E-state index contributed by atoms with van der Waals surface area (Å²) in [7, 11) is 0. The van der Waals surface area contributed by atoms with Crippen LogP contribution in [0.1, 0.15) is 38.7 Å². The minimum absolute atomic E-state index is 0.111. The van der Waals surface area contributed by atoms with Crippen LogP contribution >= 0.6 is 0 Å². The fraction of sp³-hybridized carbons (Fsp3) is 0.600. The van der Waals surface area contributed by atoms with Gasteiger partial charge < -0.3 is 10.1 Å². The van der Waals surface area contributed by atoms with E-state index in [1.807, 2.05) is 13.8 Å². The molecule has 1 fully saturated rings. The smallest absolute Gasteiger partial charge is 0.270 e. The Morgan fingerprint density at radius 3 is 2.80 bits per heavy atom. The van der Waals surface area contributed by atoms with Crippen LogP contribution in [0.2, 0.25) is 0 Å². The molecule has 0 spiro atoms. The van der Waals surface area contributed by atoms with Gasteiger partial charge in [0.05, 0.1) is 11.5 Å². The maximum Gasteiger partial charge on any atom is 0.270 e. The molecule has 0 bridgehead atoms. The number of hydrogen-bond acceptors (Lipinski definition) is 4. The molecule has 0 aliphatic heterocycles. The lowest BCUT2D eigenvalue weighted by Crippen LogP contribution is -2.22. The normalized spacial score (nSPS) is 14.6. The monoisotopic (exact) mass is 278 g/mol. The summed E-state index contributed by atoms with van der Waals surface area (Å²) in [6.45, 7) is 5.37. The highest BCUT2D eigenvalue weighted by atomic mass is 16.6. The van der Waals surface area contributed by atoms with Gasteiger partial charge in [0, 0.05) is 30.3 Å². The van der Waals surface area contributed by atoms with Gasteiger partial charge in [0.1, 0.15) is 5.75 Å². The van der Waals surface area contributed by atoms with Gasteiger partial charge in [-0.3, -0.25) is 10.1 Å². The van der Waals surface area contributed by atoms with Crippen LogP contribution in [-0.2, 0) is 6.54 Å². The Kier molecular flexibility index (Phi) is 4.95. The van der Waals surface area contributed by atoms with E-state index in [1.165, 1.54) is 18.9 Å². The molecule has 5 heteroatoms. The number of nitrogens with zero attached hydrogens (tertiary/aromatic N) is 1. The largest absolute Gasteiger partial charge is 0.493 e. The number of nitro benzene ring substituents is 1. The van der Waals surface area contributed by atoms with E-state index < -0.39 is 0 Å². The Morgan fingerprint density at radius 1 is 1.45 bits per heavy atom. The second-order valence-electron chi connectivity index (χ2n) is 5.67. The van der Waals surface area contributed by atoms with Crippen LogP contribution in [-0.4, -0.2) is 17.6 Å². The summed E-state index contributed by atoms with van der Waals surface area (Å²) in [4.78, 5) is 10.5. The van der Waals surface area contributed by atoms with E-state index in [9.17, 15) is 10.1 Å². The van der Waals surface area contributed by atoms with E-state index in [0.29, 0.717) is 19.2 Å². The first kappa shape index (κ1) is 14.8. The summed E-state index contributed by atoms with van der Waals surface area (Å²) in [5.74, 6) is 1.58. The van der Waals surface area contributed by atoms with Gasteiger partial charge in [0.15, 0.2) is 0 Å². The molecule has 1 aliphatic carbocycles. The van der Waals surface area contributed by atoms with E-state index >= 15 is 0 Å². The third kappa shape index (κ3) is 4.49. The van der Waals surface area contributed by atoms with E-state index in [0.717, 1.165) is 23.7 Å². The van der Waals surface area contributed by atoms with Crippen LogP contribution in [0, 0.1) is 16.0 Å². The molecule has 1 aromatic rings. The van der Waals surface area contributed by atoms with Gasteiger partial charge in [-0.15, -0.1) is 0 Å². The molecule has 0 atom stereocenters. The van der Waals surface area contributed by atoms with Crippen molar-refractivity contribution in [3.05, 3.63) is 33.9 Å². The first-order chi connectivity index (χ1) is 9.56. The van der Waals surface area contributed by atoms with Gasteiger partial charge >= 0.3 is 0 Å². The van der Waals surface area contributed by atoms with E-state index in [-0.39, 0.29) is 10.6 Å². The molecule has 0 saturated heterocycles. The van der Waals surface area contributed by atoms with Crippen molar-refractivity contribution in [1.29, 1.82) is 0 Å². The first-order valence-electron chi connectivity index (χ1n) is 7.19. The van der Waals surface area contributed by atoms with E-state index in [4.69, 9.17) is 4.74 Å². The highest BCUT2D eigenvalue weighted by Gasteiger charge is 2.21. The van der Waals surface area contributed by atoms with Gasteiger partial charge in [0.2, 0.25) is 0 Å². The van der Waals surface area contributed by atoms with Crippen molar-refractivity contribution in [2.75, 3.05) is 6.61 Å². The summed E-state index contributed by atoms with van der Waals surface area (Å²) in [5.41, 5.74) is 0.962. The molecule has 0 heterocycles. The van der Waals surface area contributed by atoms with Crippen LogP contribution in [0.5, 0.6) is 5.75 Å². The molecule has 0 radical (unpaired) electrons. The number of ether oxygens (including phenoxy) is 1. The Morgan fingerprint density at radius 2 is 2.20 bits per heavy atom. The van der Waals surface area contributed by atoms with Crippen LogP contribution in [0.15, 0.2) is 18.2 Å². The predicted octanol–water partition coefficient (Wildman–Crippen LogP) is 3.27. The highest BCUT2D eigenvalue weighted by molar-refractivity contribution is 5.43. The molecule has 1 saturated carbocycles. The van der Waals surface area contributed by atoms with E-state index in [1.54, 1.807) is 12.1 Å². The highest BCUT2D eigenvalue weighted by Crippen LogP contribution is 2.32. The van der Waals surface area contributed by atoms with Gasteiger partial charge in [-0.25, -0.2) is 0 Å². The molecule has 2 rings (SSSR count). The van der Waals surface area contributed by atoms with Crippen molar-refractivity contribution in [2.24, 2.45) is 5.92 Å². The maximum absolute atomic E-state index is 10.9. The quantitative estimate of drug-likeness (QED) is 0.585. The minimum Gasteiger partial charge on any atom is -0.493 e. The zero-order valence-electron chi connectivity index (χ0n) is 12.1. The molecule has 0 aromatic heterocycles. The minimum atomic E-state index is -0.368. The summed E-state index contributed by atoms with van der Waals surface area (Å²) in [6, 6.07) is 5.14.